The highest BCUT2D eigenvalue weighted by atomic mass is 32.2. The number of hydrogen-bond donors (Lipinski definition) is 1. The van der Waals surface area contributed by atoms with Crippen molar-refractivity contribution in [1.29, 1.82) is 10.5 Å². The van der Waals surface area contributed by atoms with Crippen molar-refractivity contribution in [2.45, 2.75) is 22.6 Å². The number of nitrogens with two attached hydrogens (primary N) is 1. The van der Waals surface area contributed by atoms with Gasteiger partial charge in [-0.3, -0.25) is 19.7 Å². The van der Waals surface area contributed by atoms with E-state index >= 15 is 0 Å². The second-order valence-corrected chi connectivity index (χ2v) is 8.64. The number of nitrogens with zero attached hydrogens (tertiary/aromatic N) is 4. The third-order valence-corrected chi connectivity index (χ3v) is 6.28. The van der Waals surface area contributed by atoms with E-state index < -0.39 is 10.8 Å². The average molecular weight is 482 g/mol. The van der Waals surface area contributed by atoms with E-state index in [0.717, 1.165) is 4.90 Å². The molecule has 0 aliphatic heterocycles. The molecular weight excluding hydrogens is 462 g/mol. The fourth-order valence-electron chi connectivity index (χ4n) is 2.59. The Balaban J connectivity index is 2.34. The summed E-state index contributed by atoms with van der Waals surface area (Å²) in [4.78, 5) is 37.1. The van der Waals surface area contributed by atoms with Crippen LogP contribution in [0.5, 0.6) is 0 Å². The maximum Gasteiger partial charge on any atom is 0.269 e. The average Bonchev–Trinajstić information content (AvgIpc) is 2.81. The summed E-state index contributed by atoms with van der Waals surface area (Å²) in [7, 11) is 0. The standard InChI is InChI=1S/C22H19N5O4S2/c23-9-1-11-32-20-14-19(21(13-18(20)25)33-12-2-10-24)26(15-28)22(29)8-5-16-3-6-17(7-4-16)27(30)31/h3-8,13-15H,1-2,11-12,25H2. The van der Waals surface area contributed by atoms with E-state index in [1.54, 1.807) is 12.1 Å². The van der Waals surface area contributed by atoms with Crippen LogP contribution in [0.3, 0.4) is 0 Å². The quantitative estimate of drug-likeness (QED) is 0.0935. The number of amides is 2. The van der Waals surface area contributed by atoms with Gasteiger partial charge >= 0.3 is 0 Å². The van der Waals surface area contributed by atoms with Gasteiger partial charge in [0.05, 0.1) is 22.7 Å². The van der Waals surface area contributed by atoms with Crippen molar-refractivity contribution < 1.29 is 14.5 Å². The van der Waals surface area contributed by atoms with Gasteiger partial charge in [0.1, 0.15) is 0 Å². The Morgan fingerprint density at radius 3 is 2.24 bits per heavy atom. The SMILES string of the molecule is N#CCCSc1cc(N(C=O)C(=O)C=Cc2ccc([N+](=O)[O-])cc2)c(SCCC#N)cc1N. The minimum atomic E-state index is -0.622. The van der Waals surface area contributed by atoms with Crippen LogP contribution in [-0.4, -0.2) is 28.7 Å². The summed E-state index contributed by atoms with van der Waals surface area (Å²) in [5, 5.41) is 28.3. The van der Waals surface area contributed by atoms with Gasteiger partial charge in [0.15, 0.2) is 0 Å². The highest BCUT2D eigenvalue weighted by molar-refractivity contribution is 8.00. The third kappa shape index (κ3) is 7.38. The molecule has 0 radical (unpaired) electrons. The van der Waals surface area contributed by atoms with Crippen LogP contribution in [0.25, 0.3) is 6.08 Å². The molecule has 0 fully saturated rings. The number of thioether (sulfide) groups is 2. The number of carbonyl (C=O) groups is 2. The molecule has 0 saturated heterocycles. The molecule has 2 aromatic carbocycles. The van der Waals surface area contributed by atoms with Gasteiger partial charge in [-0.05, 0) is 35.9 Å². The normalized spacial score (nSPS) is 10.4. The van der Waals surface area contributed by atoms with E-state index in [9.17, 15) is 19.7 Å². The van der Waals surface area contributed by atoms with E-state index in [2.05, 4.69) is 0 Å². The summed E-state index contributed by atoms with van der Waals surface area (Å²) in [5.74, 6) is 0.322. The van der Waals surface area contributed by atoms with E-state index in [-0.39, 0.29) is 12.1 Å². The number of nitriles is 2. The maximum atomic E-state index is 12.8. The molecule has 0 aromatic heterocycles. The fourth-order valence-corrected chi connectivity index (χ4v) is 4.35. The van der Waals surface area contributed by atoms with Crippen LogP contribution < -0.4 is 10.6 Å². The van der Waals surface area contributed by atoms with E-state index in [1.165, 1.54) is 59.9 Å². The van der Waals surface area contributed by atoms with Gasteiger partial charge in [0, 0.05) is 58.0 Å². The Hall–Kier alpha value is -3.80. The van der Waals surface area contributed by atoms with Crippen molar-refractivity contribution in [3.8, 4) is 12.1 Å². The molecule has 0 aliphatic carbocycles. The van der Waals surface area contributed by atoms with Crippen molar-refractivity contribution >= 4 is 59.0 Å². The van der Waals surface area contributed by atoms with Gasteiger partial charge in [-0.1, -0.05) is 0 Å². The van der Waals surface area contributed by atoms with Crippen molar-refractivity contribution in [1.82, 2.24) is 0 Å². The lowest BCUT2D eigenvalue weighted by Gasteiger charge is -2.20. The molecular formula is C22H19N5O4S2. The first-order valence-corrected chi connectivity index (χ1v) is 11.5. The van der Waals surface area contributed by atoms with Crippen molar-refractivity contribution in [2.24, 2.45) is 0 Å². The van der Waals surface area contributed by atoms with Crippen LogP contribution in [0, 0.1) is 32.8 Å². The van der Waals surface area contributed by atoms with Gasteiger partial charge in [0.25, 0.3) is 11.6 Å². The Kier molecular flexibility index (Phi) is 9.96. The van der Waals surface area contributed by atoms with Crippen LogP contribution in [0.2, 0.25) is 0 Å². The first kappa shape index (κ1) is 25.5. The highest BCUT2D eigenvalue weighted by Gasteiger charge is 2.19. The predicted octanol–water partition coefficient (Wildman–Crippen LogP) is 4.39. The number of rotatable bonds is 11. The number of carbonyl (C=O) groups excluding carboxylic acids is 2. The Morgan fingerprint density at radius 1 is 1.09 bits per heavy atom. The predicted molar refractivity (Wildman–Crippen MR) is 128 cm³/mol. The highest BCUT2D eigenvalue weighted by Crippen LogP contribution is 2.38. The van der Waals surface area contributed by atoms with Gasteiger partial charge in [-0.2, -0.15) is 10.5 Å². The Morgan fingerprint density at radius 2 is 1.70 bits per heavy atom. The molecule has 9 nitrogen and oxygen atoms in total. The first-order valence-electron chi connectivity index (χ1n) is 9.55. The van der Waals surface area contributed by atoms with Crippen molar-refractivity contribution in [2.75, 3.05) is 22.1 Å². The summed E-state index contributed by atoms with van der Waals surface area (Å²) >= 11 is 2.64. The smallest absolute Gasteiger partial charge is 0.269 e. The fraction of sp³-hybridized carbons (Fsp3) is 0.182. The molecule has 2 N–H and O–H groups in total. The van der Waals surface area contributed by atoms with Gasteiger partial charge in [-0.15, -0.1) is 23.5 Å². The third-order valence-electron chi connectivity index (χ3n) is 4.16. The largest absolute Gasteiger partial charge is 0.398 e. The molecule has 11 heteroatoms. The number of benzene rings is 2. The maximum absolute atomic E-state index is 12.8. The van der Waals surface area contributed by atoms with E-state index in [1.807, 2.05) is 12.1 Å². The zero-order chi connectivity index (χ0) is 24.2. The lowest BCUT2D eigenvalue weighted by Crippen LogP contribution is -2.28. The zero-order valence-corrected chi connectivity index (χ0v) is 19.0. The molecule has 0 spiro atoms. The molecule has 2 amide bonds. The van der Waals surface area contributed by atoms with Gasteiger partial charge in [0.2, 0.25) is 6.41 Å². The first-order chi connectivity index (χ1) is 15.9. The second-order valence-electron chi connectivity index (χ2n) is 6.37. The van der Waals surface area contributed by atoms with Gasteiger partial charge < -0.3 is 5.73 Å². The Labute approximate surface area is 199 Å². The number of anilines is 2. The monoisotopic (exact) mass is 481 g/mol. The molecule has 0 saturated carbocycles. The lowest BCUT2D eigenvalue weighted by molar-refractivity contribution is -0.384. The number of nitro groups is 1. The molecule has 2 rings (SSSR count). The number of hydrogen-bond acceptors (Lipinski definition) is 9. The summed E-state index contributed by atoms with van der Waals surface area (Å²) in [6, 6.07) is 13.0. The van der Waals surface area contributed by atoms with Crippen molar-refractivity contribution in [3.63, 3.8) is 0 Å². The van der Waals surface area contributed by atoms with Crippen LogP contribution in [0.4, 0.5) is 17.1 Å². The number of imide groups is 1. The molecule has 168 valence electrons. The number of nitro benzene ring substituents is 1. The van der Waals surface area contributed by atoms with Crippen LogP contribution in [-0.2, 0) is 9.59 Å². The lowest BCUT2D eigenvalue weighted by atomic mass is 10.2. The summed E-state index contributed by atoms with van der Waals surface area (Å²) < 4.78 is 0. The van der Waals surface area contributed by atoms with Crippen LogP contribution in [0.1, 0.15) is 18.4 Å². The van der Waals surface area contributed by atoms with E-state index in [4.69, 9.17) is 16.3 Å². The van der Waals surface area contributed by atoms with Crippen LogP contribution in [0.15, 0.2) is 52.3 Å². The number of nitrogen functional groups attached to an aromatic ring is 1. The summed E-state index contributed by atoms with van der Waals surface area (Å²) in [6.07, 6.45) is 3.62. The zero-order valence-electron chi connectivity index (χ0n) is 17.3. The molecule has 2 aromatic rings. The molecule has 0 bridgehead atoms. The van der Waals surface area contributed by atoms with Crippen LogP contribution >= 0.6 is 23.5 Å². The minimum absolute atomic E-state index is 0.0738. The summed E-state index contributed by atoms with van der Waals surface area (Å²) in [6.45, 7) is 0. The molecule has 0 unspecified atom stereocenters. The van der Waals surface area contributed by atoms with Crippen molar-refractivity contribution in [3.05, 3.63) is 58.2 Å². The van der Waals surface area contributed by atoms with Gasteiger partial charge in [-0.25, -0.2) is 4.90 Å². The topological polar surface area (TPSA) is 154 Å². The van der Waals surface area contributed by atoms with E-state index in [0.29, 0.717) is 51.1 Å². The summed E-state index contributed by atoms with van der Waals surface area (Å²) in [5.41, 5.74) is 7.37. The molecule has 0 heterocycles. The number of non-ortho nitro benzene ring substituents is 1. The molecule has 0 atom stereocenters. The molecule has 0 aliphatic rings. The molecule has 33 heavy (non-hydrogen) atoms. The minimum Gasteiger partial charge on any atom is -0.398 e. The Bertz CT molecular complexity index is 1140. The second kappa shape index (κ2) is 12.9.